The van der Waals surface area contributed by atoms with Crippen LogP contribution in [0, 0.1) is 0 Å². The average Bonchev–Trinajstić information content (AvgIpc) is 3.19. The van der Waals surface area contributed by atoms with Crippen LogP contribution in [-0.2, 0) is 11.2 Å². The minimum atomic E-state index is -0.237. The first-order valence-electron chi connectivity index (χ1n) is 9.14. The number of nitrogens with zero attached hydrogens (tertiary/aromatic N) is 2. The van der Waals surface area contributed by atoms with E-state index in [0.717, 1.165) is 13.1 Å². The predicted molar refractivity (Wildman–Crippen MR) is 91.8 cm³/mol. The number of benzene rings is 1. The summed E-state index contributed by atoms with van der Waals surface area (Å²) in [6.45, 7) is 2.53. The van der Waals surface area contributed by atoms with Crippen molar-refractivity contribution in [2.75, 3.05) is 26.2 Å². The molecule has 2 aliphatic heterocycles. The Kier molecular flexibility index (Phi) is 4.27. The van der Waals surface area contributed by atoms with Gasteiger partial charge in [0.25, 0.3) is 0 Å². The summed E-state index contributed by atoms with van der Waals surface area (Å²) in [7, 11) is 0. The molecule has 0 spiro atoms. The van der Waals surface area contributed by atoms with Gasteiger partial charge in [0.1, 0.15) is 0 Å². The fraction of sp³-hybridized carbons (Fsp3) is 0.579. The summed E-state index contributed by atoms with van der Waals surface area (Å²) in [6.07, 6.45) is 6.14. The summed E-state index contributed by atoms with van der Waals surface area (Å²) in [5, 5.41) is 2.60. The van der Waals surface area contributed by atoms with Crippen molar-refractivity contribution >= 4 is 11.9 Å². The van der Waals surface area contributed by atoms with Gasteiger partial charge in [-0.3, -0.25) is 14.6 Å². The van der Waals surface area contributed by atoms with Gasteiger partial charge in [-0.1, -0.05) is 24.3 Å². The number of carbonyl (C=O) groups excluding carboxylic acids is 2. The summed E-state index contributed by atoms with van der Waals surface area (Å²) in [5.74, 6) is 0.499. The Morgan fingerprint density at radius 3 is 2.79 bits per heavy atom. The fourth-order valence-corrected chi connectivity index (χ4v) is 4.69. The van der Waals surface area contributed by atoms with Crippen molar-refractivity contribution in [3.63, 3.8) is 0 Å². The van der Waals surface area contributed by atoms with Crippen LogP contribution in [0.3, 0.4) is 0 Å². The lowest BCUT2D eigenvalue weighted by molar-refractivity contribution is -0.125. The number of amides is 3. The van der Waals surface area contributed by atoms with Gasteiger partial charge in [0.05, 0.1) is 6.54 Å². The molecule has 5 nitrogen and oxygen atoms in total. The molecule has 0 unspecified atom stereocenters. The molecular weight excluding hydrogens is 302 g/mol. The zero-order valence-electron chi connectivity index (χ0n) is 14.0. The number of rotatable bonds is 4. The van der Waals surface area contributed by atoms with Crippen LogP contribution < -0.4 is 5.32 Å². The van der Waals surface area contributed by atoms with Gasteiger partial charge >= 0.3 is 6.03 Å². The number of imide groups is 1. The number of nitrogens with one attached hydrogen (secondary N) is 1. The third kappa shape index (κ3) is 2.81. The van der Waals surface area contributed by atoms with Crippen LogP contribution in [0.4, 0.5) is 4.79 Å². The first kappa shape index (κ1) is 15.6. The highest BCUT2D eigenvalue weighted by molar-refractivity contribution is 6.01. The van der Waals surface area contributed by atoms with Crippen LogP contribution in [0.2, 0.25) is 0 Å². The second-order valence-corrected chi connectivity index (χ2v) is 7.15. The van der Waals surface area contributed by atoms with E-state index in [4.69, 9.17) is 0 Å². The molecular formula is C19H25N3O2. The molecule has 1 N–H and O–H groups in total. The lowest BCUT2D eigenvalue weighted by Gasteiger charge is -2.36. The molecule has 0 saturated carbocycles. The molecule has 4 rings (SSSR count). The van der Waals surface area contributed by atoms with E-state index in [1.165, 1.54) is 48.1 Å². The highest BCUT2D eigenvalue weighted by Crippen LogP contribution is 2.39. The molecule has 0 aromatic heterocycles. The van der Waals surface area contributed by atoms with Crippen LogP contribution in [0.1, 0.15) is 42.7 Å². The largest absolute Gasteiger partial charge is 0.329 e. The summed E-state index contributed by atoms with van der Waals surface area (Å²) in [5.41, 5.74) is 3.03. The van der Waals surface area contributed by atoms with Crippen molar-refractivity contribution in [2.45, 2.75) is 44.1 Å². The van der Waals surface area contributed by atoms with E-state index in [-0.39, 0.29) is 18.5 Å². The molecule has 2 atom stereocenters. The number of carbonyl (C=O) groups is 2. The summed E-state index contributed by atoms with van der Waals surface area (Å²) < 4.78 is 0. The van der Waals surface area contributed by atoms with E-state index in [0.29, 0.717) is 18.5 Å². The first-order chi connectivity index (χ1) is 11.7. The van der Waals surface area contributed by atoms with E-state index in [9.17, 15) is 9.59 Å². The summed E-state index contributed by atoms with van der Waals surface area (Å²) in [4.78, 5) is 27.3. The molecule has 2 heterocycles. The summed E-state index contributed by atoms with van der Waals surface area (Å²) in [6, 6.07) is 9.18. The molecule has 1 aromatic rings. The Morgan fingerprint density at radius 1 is 1.08 bits per heavy atom. The Labute approximate surface area is 143 Å². The fourth-order valence-electron chi connectivity index (χ4n) is 4.69. The minimum Gasteiger partial charge on any atom is -0.329 e. The quantitative estimate of drug-likeness (QED) is 0.862. The molecule has 128 valence electrons. The van der Waals surface area contributed by atoms with Gasteiger partial charge in [0, 0.05) is 19.1 Å². The lowest BCUT2D eigenvalue weighted by Crippen LogP contribution is -2.42. The number of aryl methyl sites for hydroxylation is 1. The van der Waals surface area contributed by atoms with Crippen LogP contribution in [0.25, 0.3) is 0 Å². The highest BCUT2D eigenvalue weighted by atomic mass is 16.2. The zero-order chi connectivity index (χ0) is 16.5. The maximum Gasteiger partial charge on any atom is 0.324 e. The number of hydrogen-bond donors (Lipinski definition) is 1. The van der Waals surface area contributed by atoms with Crippen molar-refractivity contribution in [1.29, 1.82) is 0 Å². The van der Waals surface area contributed by atoms with Gasteiger partial charge in [-0.25, -0.2) is 4.79 Å². The third-order valence-electron chi connectivity index (χ3n) is 5.84. The molecule has 0 radical (unpaired) electrons. The number of fused-ring (bicyclic) bond motifs is 1. The van der Waals surface area contributed by atoms with E-state index < -0.39 is 0 Å². The van der Waals surface area contributed by atoms with Crippen molar-refractivity contribution < 1.29 is 9.59 Å². The van der Waals surface area contributed by atoms with Crippen LogP contribution in [0.5, 0.6) is 0 Å². The lowest BCUT2D eigenvalue weighted by atomic mass is 9.78. The molecule has 0 bridgehead atoms. The maximum absolute atomic E-state index is 11.8. The van der Waals surface area contributed by atoms with Crippen molar-refractivity contribution in [3.05, 3.63) is 35.4 Å². The molecule has 3 amide bonds. The second kappa shape index (κ2) is 6.55. The van der Waals surface area contributed by atoms with Crippen molar-refractivity contribution in [3.8, 4) is 0 Å². The van der Waals surface area contributed by atoms with Crippen LogP contribution in [0.15, 0.2) is 24.3 Å². The van der Waals surface area contributed by atoms with Gasteiger partial charge in [-0.15, -0.1) is 0 Å². The Bertz CT molecular complexity index is 629. The van der Waals surface area contributed by atoms with E-state index in [1.807, 2.05) is 0 Å². The normalized spacial score (nSPS) is 27.4. The molecule has 3 aliphatic rings. The molecule has 5 heteroatoms. The van der Waals surface area contributed by atoms with E-state index >= 15 is 0 Å². The Hall–Kier alpha value is -1.88. The van der Waals surface area contributed by atoms with Crippen molar-refractivity contribution in [2.24, 2.45) is 0 Å². The molecule has 1 aromatic carbocycles. The molecule has 2 saturated heterocycles. The molecule has 2 fully saturated rings. The topological polar surface area (TPSA) is 52.7 Å². The van der Waals surface area contributed by atoms with Crippen molar-refractivity contribution in [1.82, 2.24) is 15.1 Å². The van der Waals surface area contributed by atoms with Gasteiger partial charge < -0.3 is 5.32 Å². The molecule has 1 aliphatic carbocycles. The highest BCUT2D eigenvalue weighted by Gasteiger charge is 2.36. The molecule has 24 heavy (non-hydrogen) atoms. The number of likely N-dealkylation sites (tertiary alicyclic amines) is 1. The van der Waals surface area contributed by atoms with Crippen LogP contribution >= 0.6 is 0 Å². The van der Waals surface area contributed by atoms with Gasteiger partial charge in [0.2, 0.25) is 5.91 Å². The Balaban J connectivity index is 1.46. The SMILES string of the molecule is O=C1CNC(=O)N1CCN1CCC[C@@H]1[C@@H]1CCCc2ccccc21. The predicted octanol–water partition coefficient (Wildman–Crippen LogP) is 2.12. The number of urea groups is 1. The van der Waals surface area contributed by atoms with Gasteiger partial charge in [-0.2, -0.15) is 0 Å². The number of hydrogen-bond acceptors (Lipinski definition) is 3. The monoisotopic (exact) mass is 327 g/mol. The second-order valence-electron chi connectivity index (χ2n) is 7.15. The Morgan fingerprint density at radius 2 is 1.96 bits per heavy atom. The standard InChI is InChI=1S/C19H25N3O2/c23-18-13-20-19(24)22(18)12-11-21-10-4-9-17(21)16-8-3-6-14-5-1-2-7-15(14)16/h1-2,5,7,16-17H,3-4,6,8-13H2,(H,20,24)/t16-,17-/m1/s1. The average molecular weight is 327 g/mol. The van der Waals surface area contributed by atoms with E-state index in [1.54, 1.807) is 0 Å². The maximum atomic E-state index is 11.8. The smallest absolute Gasteiger partial charge is 0.324 e. The zero-order valence-corrected chi connectivity index (χ0v) is 14.0. The minimum absolute atomic E-state index is 0.0984. The third-order valence-corrected chi connectivity index (χ3v) is 5.84. The van der Waals surface area contributed by atoms with Crippen LogP contribution in [-0.4, -0.2) is 54.0 Å². The van der Waals surface area contributed by atoms with E-state index in [2.05, 4.69) is 34.5 Å². The summed E-state index contributed by atoms with van der Waals surface area (Å²) >= 11 is 0. The van der Waals surface area contributed by atoms with Gasteiger partial charge in [0.15, 0.2) is 0 Å². The van der Waals surface area contributed by atoms with Gasteiger partial charge in [-0.05, 0) is 55.7 Å². The first-order valence-corrected chi connectivity index (χ1v) is 9.14.